The van der Waals surface area contributed by atoms with Crippen molar-refractivity contribution in [3.8, 4) is 17.6 Å². The van der Waals surface area contributed by atoms with E-state index < -0.39 is 5.91 Å². The van der Waals surface area contributed by atoms with E-state index in [4.69, 9.17) is 9.47 Å². The lowest BCUT2D eigenvalue weighted by atomic mass is 10.1. The summed E-state index contributed by atoms with van der Waals surface area (Å²) in [5.41, 5.74) is 2.57. The molecule has 36 heavy (non-hydrogen) atoms. The summed E-state index contributed by atoms with van der Waals surface area (Å²) in [6.45, 7) is 0.998. The quantitative estimate of drug-likeness (QED) is 0.215. The van der Waals surface area contributed by atoms with Gasteiger partial charge in [-0.05, 0) is 36.4 Å². The molecule has 1 amide bonds. The summed E-state index contributed by atoms with van der Waals surface area (Å²) in [7, 11) is 1.61. The number of fused-ring (bicyclic) bond motifs is 2. The fraction of sp³-hybridized carbons (Fsp3) is 0.107. The Balaban J connectivity index is 1.37. The van der Waals surface area contributed by atoms with Crippen LogP contribution in [0.15, 0.2) is 84.6 Å². The number of aromatic nitrogens is 2. The molecule has 0 spiro atoms. The molecule has 0 saturated heterocycles. The normalized spacial score (nSPS) is 11.4. The van der Waals surface area contributed by atoms with E-state index >= 15 is 0 Å². The number of methoxy groups -OCH3 is 1. The zero-order chi connectivity index (χ0) is 24.9. The molecule has 0 aliphatic heterocycles. The van der Waals surface area contributed by atoms with Gasteiger partial charge in [-0.1, -0.05) is 53.8 Å². The highest BCUT2D eigenvalue weighted by molar-refractivity contribution is 7.22. The number of amides is 1. The Kier molecular flexibility index (Phi) is 6.65. The number of carbonyl (C=O) groups is 1. The van der Waals surface area contributed by atoms with Gasteiger partial charge in [0.2, 0.25) is 0 Å². The third-order valence-electron chi connectivity index (χ3n) is 5.66. The molecular formula is C28H22N4O3S. The molecule has 3 aromatic carbocycles. The van der Waals surface area contributed by atoms with Crippen LogP contribution in [0.2, 0.25) is 0 Å². The summed E-state index contributed by atoms with van der Waals surface area (Å²) in [5, 5.41) is 13.9. The van der Waals surface area contributed by atoms with Crippen molar-refractivity contribution in [2.24, 2.45) is 0 Å². The maximum absolute atomic E-state index is 12.9. The van der Waals surface area contributed by atoms with Crippen molar-refractivity contribution in [3.05, 3.63) is 90.1 Å². The molecule has 0 fully saturated rings. The van der Waals surface area contributed by atoms with Crippen molar-refractivity contribution < 1.29 is 14.3 Å². The van der Waals surface area contributed by atoms with Gasteiger partial charge in [0.15, 0.2) is 16.6 Å². The number of rotatable bonds is 8. The number of hydrogen-bond donors (Lipinski definition) is 1. The molecule has 0 radical (unpaired) electrons. The van der Waals surface area contributed by atoms with Gasteiger partial charge < -0.3 is 14.0 Å². The van der Waals surface area contributed by atoms with Gasteiger partial charge in [0.25, 0.3) is 5.91 Å². The van der Waals surface area contributed by atoms with E-state index in [-0.39, 0.29) is 5.57 Å². The van der Waals surface area contributed by atoms with Gasteiger partial charge in [-0.15, -0.1) is 0 Å². The van der Waals surface area contributed by atoms with Crippen LogP contribution in [0.25, 0.3) is 27.2 Å². The fourth-order valence-corrected chi connectivity index (χ4v) is 4.82. The van der Waals surface area contributed by atoms with E-state index in [1.54, 1.807) is 13.2 Å². The highest BCUT2D eigenvalue weighted by Gasteiger charge is 2.15. The third kappa shape index (κ3) is 4.78. The van der Waals surface area contributed by atoms with Gasteiger partial charge in [0, 0.05) is 22.7 Å². The molecule has 2 heterocycles. The van der Waals surface area contributed by atoms with Crippen LogP contribution in [0.4, 0.5) is 5.13 Å². The molecule has 0 aliphatic rings. The number of nitrogens with one attached hydrogen (secondary N) is 1. The zero-order valence-electron chi connectivity index (χ0n) is 19.5. The fourth-order valence-electron chi connectivity index (χ4n) is 3.96. The molecule has 5 rings (SSSR count). The first kappa shape index (κ1) is 23.1. The van der Waals surface area contributed by atoms with E-state index in [9.17, 15) is 10.1 Å². The molecule has 0 bridgehead atoms. The van der Waals surface area contributed by atoms with Gasteiger partial charge in [0.05, 0.1) is 23.9 Å². The topological polar surface area (TPSA) is 89.2 Å². The first-order valence-electron chi connectivity index (χ1n) is 11.3. The molecule has 0 atom stereocenters. The Morgan fingerprint density at radius 3 is 2.64 bits per heavy atom. The van der Waals surface area contributed by atoms with Crippen molar-refractivity contribution in [2.75, 3.05) is 19.0 Å². The summed E-state index contributed by atoms with van der Waals surface area (Å²) in [6, 6.07) is 25.0. The summed E-state index contributed by atoms with van der Waals surface area (Å²) < 4.78 is 14.3. The molecule has 5 aromatic rings. The molecule has 0 aliphatic carbocycles. The first-order chi connectivity index (χ1) is 17.7. The van der Waals surface area contributed by atoms with E-state index in [1.807, 2.05) is 85.1 Å². The number of nitriles is 1. The maximum atomic E-state index is 12.9. The van der Waals surface area contributed by atoms with Crippen molar-refractivity contribution in [2.45, 2.75) is 6.54 Å². The van der Waals surface area contributed by atoms with Crippen molar-refractivity contribution in [3.63, 3.8) is 0 Å². The SMILES string of the molecule is COc1ccccc1OCCn1cc(/C=C(\C#N)C(=O)Nc2nc3ccccc3s2)c2ccccc21. The second-order valence-electron chi connectivity index (χ2n) is 7.90. The average molecular weight is 495 g/mol. The monoisotopic (exact) mass is 494 g/mol. The Morgan fingerprint density at radius 2 is 1.83 bits per heavy atom. The molecular weight excluding hydrogens is 472 g/mol. The predicted octanol–water partition coefficient (Wildman–Crippen LogP) is 5.88. The lowest BCUT2D eigenvalue weighted by Gasteiger charge is -2.11. The molecule has 0 saturated carbocycles. The number of thiazole rings is 1. The van der Waals surface area contributed by atoms with Crippen molar-refractivity contribution >= 4 is 49.6 Å². The van der Waals surface area contributed by atoms with Crippen LogP contribution in [-0.4, -0.2) is 29.2 Å². The number of hydrogen-bond acceptors (Lipinski definition) is 6. The lowest BCUT2D eigenvalue weighted by Crippen LogP contribution is -2.13. The molecule has 0 unspecified atom stereocenters. The number of ether oxygens (including phenoxy) is 2. The Bertz CT molecular complexity index is 1590. The van der Waals surface area contributed by atoms with Gasteiger partial charge in [-0.3, -0.25) is 10.1 Å². The minimum atomic E-state index is -0.493. The number of benzene rings is 3. The van der Waals surface area contributed by atoms with Crippen LogP contribution in [0.1, 0.15) is 5.56 Å². The predicted molar refractivity (Wildman–Crippen MR) is 142 cm³/mol. The minimum Gasteiger partial charge on any atom is -0.493 e. The van der Waals surface area contributed by atoms with Gasteiger partial charge in [-0.25, -0.2) is 4.98 Å². The average Bonchev–Trinajstić information content (AvgIpc) is 3.48. The molecule has 2 aromatic heterocycles. The Labute approximate surface area is 211 Å². The number of anilines is 1. The summed E-state index contributed by atoms with van der Waals surface area (Å²) in [5.74, 6) is 0.860. The van der Waals surface area contributed by atoms with Crippen LogP contribution < -0.4 is 14.8 Å². The Hall–Kier alpha value is -4.61. The molecule has 7 nitrogen and oxygen atoms in total. The Morgan fingerprint density at radius 1 is 1.08 bits per heavy atom. The van der Waals surface area contributed by atoms with Crippen LogP contribution in [0.5, 0.6) is 11.5 Å². The summed E-state index contributed by atoms with van der Waals surface area (Å²) in [4.78, 5) is 17.3. The van der Waals surface area contributed by atoms with E-state index in [0.717, 1.165) is 26.7 Å². The van der Waals surface area contributed by atoms with E-state index in [0.29, 0.717) is 29.8 Å². The molecule has 8 heteroatoms. The maximum Gasteiger partial charge on any atom is 0.268 e. The van der Waals surface area contributed by atoms with Gasteiger partial charge in [0.1, 0.15) is 18.2 Å². The third-order valence-corrected chi connectivity index (χ3v) is 6.61. The zero-order valence-corrected chi connectivity index (χ0v) is 20.3. The highest BCUT2D eigenvalue weighted by Crippen LogP contribution is 2.28. The standard InChI is InChI=1S/C28H22N4O3S/c1-34-24-11-5-6-12-25(24)35-15-14-32-18-20(21-8-2-4-10-23(21)32)16-19(17-29)27(33)31-28-30-22-9-3-7-13-26(22)36-28/h2-13,16,18H,14-15H2,1H3,(H,30,31,33)/b19-16+. The molecule has 178 valence electrons. The summed E-state index contributed by atoms with van der Waals surface area (Å²) >= 11 is 1.37. The van der Waals surface area contributed by atoms with Gasteiger partial charge in [-0.2, -0.15) is 5.26 Å². The van der Waals surface area contributed by atoms with E-state index in [1.165, 1.54) is 11.3 Å². The highest BCUT2D eigenvalue weighted by atomic mass is 32.1. The smallest absolute Gasteiger partial charge is 0.268 e. The lowest BCUT2D eigenvalue weighted by molar-refractivity contribution is -0.112. The minimum absolute atomic E-state index is 0.00225. The number of nitrogens with zero attached hydrogens (tertiary/aromatic N) is 3. The van der Waals surface area contributed by atoms with Crippen LogP contribution in [-0.2, 0) is 11.3 Å². The largest absolute Gasteiger partial charge is 0.493 e. The van der Waals surface area contributed by atoms with Crippen LogP contribution in [0, 0.1) is 11.3 Å². The van der Waals surface area contributed by atoms with Crippen LogP contribution >= 0.6 is 11.3 Å². The van der Waals surface area contributed by atoms with Gasteiger partial charge >= 0.3 is 0 Å². The summed E-state index contributed by atoms with van der Waals surface area (Å²) in [6.07, 6.45) is 3.54. The first-order valence-corrected chi connectivity index (χ1v) is 12.1. The second kappa shape index (κ2) is 10.3. The van der Waals surface area contributed by atoms with Crippen molar-refractivity contribution in [1.82, 2.24) is 9.55 Å². The van der Waals surface area contributed by atoms with Crippen LogP contribution in [0.3, 0.4) is 0 Å². The number of para-hydroxylation sites is 4. The molecule has 1 N–H and O–H groups in total. The second-order valence-corrected chi connectivity index (χ2v) is 8.94. The van der Waals surface area contributed by atoms with Crippen molar-refractivity contribution in [1.29, 1.82) is 5.26 Å². The van der Waals surface area contributed by atoms with E-state index in [2.05, 4.69) is 14.9 Å². The number of carbonyl (C=O) groups excluding carboxylic acids is 1.